The van der Waals surface area contributed by atoms with E-state index in [1.54, 1.807) is 21.3 Å². The number of nitrogens with zero attached hydrogens (tertiary/aromatic N) is 1. The van der Waals surface area contributed by atoms with Crippen LogP contribution in [-0.2, 0) is 14.2 Å². The van der Waals surface area contributed by atoms with Crippen LogP contribution in [0, 0.1) is 5.92 Å². The first-order valence-corrected chi connectivity index (χ1v) is 12.0. The van der Waals surface area contributed by atoms with Gasteiger partial charge in [0.15, 0.2) is 0 Å². The van der Waals surface area contributed by atoms with Crippen LogP contribution in [-0.4, -0.2) is 51.8 Å². The lowest BCUT2D eigenvalue weighted by Crippen LogP contribution is -2.35. The van der Waals surface area contributed by atoms with E-state index in [1.807, 2.05) is 0 Å². The van der Waals surface area contributed by atoms with Gasteiger partial charge in [0.2, 0.25) is 0 Å². The maximum Gasteiger partial charge on any atom is 0.282 e. The fourth-order valence-corrected chi connectivity index (χ4v) is 4.05. The van der Waals surface area contributed by atoms with Crippen LogP contribution in [0.3, 0.4) is 0 Å². The Hall–Kier alpha value is -0.160. The molecule has 0 aromatic carbocycles. The lowest BCUT2D eigenvalue weighted by atomic mass is 9.91. The second-order valence-electron chi connectivity index (χ2n) is 8.24. The molecule has 0 N–H and O–H groups in total. The molecule has 0 rings (SSSR count). The minimum Gasteiger partial charge on any atom is -0.331 e. The maximum atomic E-state index is 5.38. The van der Waals surface area contributed by atoms with Crippen molar-refractivity contribution in [3.8, 4) is 0 Å². The summed E-state index contributed by atoms with van der Waals surface area (Å²) < 4.78 is 16.2. The number of hydrogen-bond donors (Lipinski definition) is 0. The Morgan fingerprint density at radius 1 is 0.607 bits per heavy atom. The number of rotatable bonds is 21. The van der Waals surface area contributed by atoms with Crippen molar-refractivity contribution in [1.82, 2.24) is 4.90 Å². The van der Waals surface area contributed by atoms with Crippen molar-refractivity contribution < 1.29 is 14.2 Å². The summed E-state index contributed by atoms with van der Waals surface area (Å²) in [7, 11) is 4.94. The van der Waals surface area contributed by atoms with Gasteiger partial charge in [0.05, 0.1) is 0 Å². The molecule has 0 saturated heterocycles. The van der Waals surface area contributed by atoms with Crippen LogP contribution in [0.25, 0.3) is 0 Å². The number of hydrogen-bond acceptors (Lipinski definition) is 4. The molecule has 4 nitrogen and oxygen atoms in total. The molecule has 0 aromatic rings. The van der Waals surface area contributed by atoms with Gasteiger partial charge in [-0.05, 0) is 57.7 Å². The highest BCUT2D eigenvalue weighted by Gasteiger charge is 2.28. The number of methoxy groups -OCH3 is 3. The van der Waals surface area contributed by atoms with Gasteiger partial charge >= 0.3 is 0 Å². The Bertz CT molecular complexity index is 305. The third kappa shape index (κ3) is 13.1. The molecule has 0 bridgehead atoms. The van der Waals surface area contributed by atoms with E-state index in [-0.39, 0.29) is 0 Å². The molecule has 0 aliphatic rings. The smallest absolute Gasteiger partial charge is 0.282 e. The summed E-state index contributed by atoms with van der Waals surface area (Å²) in [5, 5.41) is 0. The molecule has 0 radical (unpaired) electrons. The molecular weight excluding hydrogens is 350 g/mol. The van der Waals surface area contributed by atoms with Crippen molar-refractivity contribution in [3.63, 3.8) is 0 Å². The Morgan fingerprint density at radius 2 is 1.14 bits per heavy atom. The van der Waals surface area contributed by atoms with Crippen molar-refractivity contribution in [2.24, 2.45) is 5.92 Å². The zero-order chi connectivity index (χ0) is 21.1. The SMILES string of the molecule is CCCCN(CCCC)CCCC(CCC)CCCCCC(OC)(OC)OC. The average molecular weight is 402 g/mol. The predicted molar refractivity (Wildman–Crippen MR) is 121 cm³/mol. The lowest BCUT2D eigenvalue weighted by Gasteiger charge is -2.28. The molecule has 0 aliphatic carbocycles. The van der Waals surface area contributed by atoms with Crippen LogP contribution in [0.1, 0.15) is 104 Å². The second-order valence-corrected chi connectivity index (χ2v) is 8.24. The van der Waals surface area contributed by atoms with Gasteiger partial charge in [-0.1, -0.05) is 65.7 Å². The Morgan fingerprint density at radius 3 is 1.64 bits per heavy atom. The minimum atomic E-state index is -0.858. The molecule has 1 atom stereocenters. The van der Waals surface area contributed by atoms with E-state index >= 15 is 0 Å². The van der Waals surface area contributed by atoms with E-state index in [0.717, 1.165) is 18.8 Å². The van der Waals surface area contributed by atoms with Gasteiger partial charge in [0, 0.05) is 27.8 Å². The zero-order valence-corrected chi connectivity index (χ0v) is 20.1. The van der Waals surface area contributed by atoms with Gasteiger partial charge in [0.25, 0.3) is 5.97 Å². The number of unbranched alkanes of at least 4 members (excludes halogenated alkanes) is 4. The summed E-state index contributed by atoms with van der Waals surface area (Å²) in [6.45, 7) is 10.8. The predicted octanol–water partition coefficient (Wildman–Crippen LogP) is 6.63. The van der Waals surface area contributed by atoms with Crippen LogP contribution < -0.4 is 0 Å². The van der Waals surface area contributed by atoms with Crippen LogP contribution in [0.4, 0.5) is 0 Å². The molecule has 0 heterocycles. The van der Waals surface area contributed by atoms with Gasteiger partial charge < -0.3 is 19.1 Å². The molecule has 0 saturated carbocycles. The Kier molecular flexibility index (Phi) is 18.7. The Labute approximate surface area is 176 Å². The molecule has 4 heteroatoms. The van der Waals surface area contributed by atoms with E-state index in [1.165, 1.54) is 90.3 Å². The topological polar surface area (TPSA) is 30.9 Å². The molecule has 0 amide bonds. The van der Waals surface area contributed by atoms with Crippen LogP contribution in [0.5, 0.6) is 0 Å². The van der Waals surface area contributed by atoms with Gasteiger partial charge in [0.1, 0.15) is 0 Å². The Balaban J connectivity index is 4.12. The van der Waals surface area contributed by atoms with Crippen molar-refractivity contribution in [2.75, 3.05) is 41.0 Å². The molecule has 28 heavy (non-hydrogen) atoms. The lowest BCUT2D eigenvalue weighted by molar-refractivity contribution is -0.355. The van der Waals surface area contributed by atoms with Crippen molar-refractivity contribution in [3.05, 3.63) is 0 Å². The van der Waals surface area contributed by atoms with Crippen LogP contribution >= 0.6 is 0 Å². The fraction of sp³-hybridized carbons (Fsp3) is 1.00. The monoisotopic (exact) mass is 401 g/mol. The third-order valence-corrected chi connectivity index (χ3v) is 5.97. The summed E-state index contributed by atoms with van der Waals surface area (Å²) in [5.74, 6) is 0.0322. The van der Waals surface area contributed by atoms with Crippen LogP contribution in [0.2, 0.25) is 0 Å². The zero-order valence-electron chi connectivity index (χ0n) is 20.1. The van der Waals surface area contributed by atoms with Crippen molar-refractivity contribution >= 4 is 0 Å². The molecular formula is C24H51NO3. The summed E-state index contributed by atoms with van der Waals surface area (Å²) in [4.78, 5) is 2.70. The van der Waals surface area contributed by atoms with Gasteiger partial charge in [-0.2, -0.15) is 0 Å². The highest BCUT2D eigenvalue weighted by Crippen LogP contribution is 2.24. The largest absolute Gasteiger partial charge is 0.331 e. The van der Waals surface area contributed by atoms with E-state index in [4.69, 9.17) is 14.2 Å². The molecule has 0 aliphatic heterocycles. The quantitative estimate of drug-likeness (QED) is 0.159. The summed E-state index contributed by atoms with van der Waals surface area (Å²) >= 11 is 0. The first kappa shape index (κ1) is 27.8. The fourth-order valence-electron chi connectivity index (χ4n) is 4.05. The van der Waals surface area contributed by atoms with E-state index < -0.39 is 5.97 Å². The molecule has 0 fully saturated rings. The average Bonchev–Trinajstić information content (AvgIpc) is 2.72. The molecule has 0 aromatic heterocycles. The second kappa shape index (κ2) is 18.8. The molecule has 170 valence electrons. The number of ether oxygens (including phenoxy) is 3. The van der Waals surface area contributed by atoms with Crippen LogP contribution in [0.15, 0.2) is 0 Å². The minimum absolute atomic E-state index is 0.790. The maximum absolute atomic E-state index is 5.38. The highest BCUT2D eigenvalue weighted by atomic mass is 16.9. The first-order chi connectivity index (χ1) is 13.6. The van der Waals surface area contributed by atoms with Crippen molar-refractivity contribution in [1.29, 1.82) is 0 Å². The summed E-state index contributed by atoms with van der Waals surface area (Å²) in [5.41, 5.74) is 0. The normalized spacial score (nSPS) is 13.4. The highest BCUT2D eigenvalue weighted by molar-refractivity contribution is 4.65. The standard InChI is InChI=1S/C24H51NO3/c1-7-10-20-25(21-11-8-2)22-15-18-23(16-9-3)17-13-12-14-19-24(26-4,27-5)28-6/h23H,7-22H2,1-6H3. The molecule has 0 spiro atoms. The van der Waals surface area contributed by atoms with E-state index in [9.17, 15) is 0 Å². The van der Waals surface area contributed by atoms with E-state index in [2.05, 4.69) is 25.7 Å². The van der Waals surface area contributed by atoms with E-state index in [0.29, 0.717) is 0 Å². The first-order valence-electron chi connectivity index (χ1n) is 12.0. The summed E-state index contributed by atoms with van der Waals surface area (Å²) in [6, 6.07) is 0. The molecule has 1 unspecified atom stereocenters. The third-order valence-electron chi connectivity index (χ3n) is 5.97. The van der Waals surface area contributed by atoms with Gasteiger partial charge in [-0.25, -0.2) is 0 Å². The van der Waals surface area contributed by atoms with Gasteiger partial charge in [-0.15, -0.1) is 0 Å². The van der Waals surface area contributed by atoms with Crippen molar-refractivity contribution in [2.45, 2.75) is 110 Å². The summed E-state index contributed by atoms with van der Waals surface area (Å²) in [6.07, 6.45) is 16.5. The van der Waals surface area contributed by atoms with Gasteiger partial charge in [-0.3, -0.25) is 0 Å².